The van der Waals surface area contributed by atoms with Crippen molar-refractivity contribution in [3.05, 3.63) is 52.1 Å². The Kier molecular flexibility index (Phi) is 6.04. The lowest BCUT2D eigenvalue weighted by Crippen LogP contribution is -2.40. The smallest absolute Gasteiger partial charge is 0.244 e. The van der Waals surface area contributed by atoms with Crippen LogP contribution in [0.15, 0.2) is 41.4 Å². The Morgan fingerprint density at radius 3 is 2.58 bits per heavy atom. The molecule has 2 heterocycles. The van der Waals surface area contributed by atoms with Crippen LogP contribution >= 0.6 is 23.2 Å². The van der Waals surface area contributed by atoms with Crippen LogP contribution in [0.5, 0.6) is 0 Å². The zero-order chi connectivity index (χ0) is 18.7. The first-order chi connectivity index (χ1) is 12.4. The van der Waals surface area contributed by atoms with E-state index in [1.165, 1.54) is 10.5 Å². The van der Waals surface area contributed by atoms with E-state index in [9.17, 15) is 8.42 Å². The number of ether oxygens (including phenoxy) is 1. The van der Waals surface area contributed by atoms with Crippen LogP contribution < -0.4 is 4.90 Å². The normalized spacial score (nSPS) is 15.8. The summed E-state index contributed by atoms with van der Waals surface area (Å²) in [6.07, 6.45) is 1.39. The highest BCUT2D eigenvalue weighted by molar-refractivity contribution is 7.89. The molecule has 140 valence electrons. The highest BCUT2D eigenvalue weighted by Gasteiger charge is 2.26. The van der Waals surface area contributed by atoms with E-state index in [4.69, 9.17) is 27.9 Å². The van der Waals surface area contributed by atoms with E-state index >= 15 is 0 Å². The molecule has 1 aliphatic heterocycles. The van der Waals surface area contributed by atoms with Crippen molar-refractivity contribution in [1.82, 2.24) is 9.29 Å². The molecule has 0 unspecified atom stereocenters. The molecule has 1 aliphatic rings. The van der Waals surface area contributed by atoms with Crippen LogP contribution in [0, 0.1) is 0 Å². The number of nitrogens with zero attached hydrogens (tertiary/aromatic N) is 3. The molecule has 0 atom stereocenters. The van der Waals surface area contributed by atoms with Crippen LogP contribution in [0.25, 0.3) is 0 Å². The fourth-order valence-corrected chi connectivity index (χ4v) is 4.43. The summed E-state index contributed by atoms with van der Waals surface area (Å²) in [5, 5.41) is 1.00. The van der Waals surface area contributed by atoms with Crippen LogP contribution in [0.1, 0.15) is 5.56 Å². The van der Waals surface area contributed by atoms with Crippen molar-refractivity contribution < 1.29 is 13.2 Å². The molecule has 1 saturated heterocycles. The average Bonchev–Trinajstić information content (AvgIpc) is 2.66. The highest BCUT2D eigenvalue weighted by Crippen LogP contribution is 2.27. The SMILES string of the molecule is CN(Cc1cccc(Cl)c1Cl)c1ccc(S(=O)(=O)N2CCOCC2)cn1. The Hall–Kier alpha value is -1.38. The number of benzene rings is 1. The minimum Gasteiger partial charge on any atom is -0.379 e. The van der Waals surface area contributed by atoms with Gasteiger partial charge in [-0.25, -0.2) is 13.4 Å². The maximum Gasteiger partial charge on any atom is 0.244 e. The van der Waals surface area contributed by atoms with Gasteiger partial charge in [-0.2, -0.15) is 4.31 Å². The van der Waals surface area contributed by atoms with Crippen molar-refractivity contribution in [3.63, 3.8) is 0 Å². The number of sulfonamides is 1. The van der Waals surface area contributed by atoms with Gasteiger partial charge in [0.15, 0.2) is 0 Å². The molecule has 0 amide bonds. The zero-order valence-electron chi connectivity index (χ0n) is 14.2. The Morgan fingerprint density at radius 1 is 1.19 bits per heavy atom. The molecule has 0 aliphatic carbocycles. The molecule has 0 spiro atoms. The molecule has 9 heteroatoms. The van der Waals surface area contributed by atoms with Crippen molar-refractivity contribution >= 4 is 39.0 Å². The van der Waals surface area contributed by atoms with Crippen LogP contribution in [0.3, 0.4) is 0 Å². The largest absolute Gasteiger partial charge is 0.379 e. The second-order valence-electron chi connectivity index (χ2n) is 5.94. The minimum absolute atomic E-state index is 0.178. The van der Waals surface area contributed by atoms with Gasteiger partial charge in [0.05, 0.1) is 23.3 Å². The second kappa shape index (κ2) is 8.10. The summed E-state index contributed by atoms with van der Waals surface area (Å²) in [5.41, 5.74) is 0.869. The fraction of sp³-hybridized carbons (Fsp3) is 0.353. The summed E-state index contributed by atoms with van der Waals surface area (Å²) in [7, 11) is -1.69. The fourth-order valence-electron chi connectivity index (χ4n) is 2.69. The van der Waals surface area contributed by atoms with Gasteiger partial charge in [0, 0.05) is 32.9 Å². The van der Waals surface area contributed by atoms with E-state index in [0.29, 0.717) is 48.7 Å². The van der Waals surface area contributed by atoms with Crippen molar-refractivity contribution in [2.45, 2.75) is 11.4 Å². The Morgan fingerprint density at radius 2 is 1.92 bits per heavy atom. The third-order valence-corrected chi connectivity index (χ3v) is 6.90. The number of halogens is 2. The van der Waals surface area contributed by atoms with Gasteiger partial charge in [0.2, 0.25) is 10.0 Å². The third-order valence-electron chi connectivity index (χ3n) is 4.16. The Bertz CT molecular complexity index is 869. The molecule has 26 heavy (non-hydrogen) atoms. The number of rotatable bonds is 5. The number of morpholine rings is 1. The predicted molar refractivity (Wildman–Crippen MR) is 102 cm³/mol. The van der Waals surface area contributed by atoms with Gasteiger partial charge in [-0.15, -0.1) is 0 Å². The zero-order valence-corrected chi connectivity index (χ0v) is 16.6. The van der Waals surface area contributed by atoms with E-state index in [0.717, 1.165) is 5.56 Å². The maximum atomic E-state index is 12.6. The molecule has 0 N–H and O–H groups in total. The van der Waals surface area contributed by atoms with Crippen molar-refractivity contribution in [3.8, 4) is 0 Å². The molecular weight excluding hydrogens is 397 g/mol. The van der Waals surface area contributed by atoms with Gasteiger partial charge in [-0.1, -0.05) is 35.3 Å². The van der Waals surface area contributed by atoms with Crippen molar-refractivity contribution in [2.24, 2.45) is 0 Å². The lowest BCUT2D eigenvalue weighted by Gasteiger charge is -2.26. The number of aromatic nitrogens is 1. The third kappa shape index (κ3) is 4.13. The monoisotopic (exact) mass is 415 g/mol. The molecule has 3 rings (SSSR count). The molecule has 2 aromatic rings. The molecule has 0 saturated carbocycles. The maximum absolute atomic E-state index is 12.6. The van der Waals surface area contributed by atoms with E-state index in [-0.39, 0.29) is 4.90 Å². The predicted octanol–water partition coefficient (Wildman–Crippen LogP) is 3.05. The van der Waals surface area contributed by atoms with Crippen LogP contribution in [-0.2, 0) is 21.3 Å². The first kappa shape index (κ1) is 19.4. The molecule has 1 aromatic heterocycles. The molecule has 6 nitrogen and oxygen atoms in total. The van der Waals surface area contributed by atoms with Crippen LogP contribution in [0.4, 0.5) is 5.82 Å². The summed E-state index contributed by atoms with van der Waals surface area (Å²) < 4.78 is 31.9. The second-order valence-corrected chi connectivity index (χ2v) is 8.66. The number of hydrogen-bond donors (Lipinski definition) is 0. The lowest BCUT2D eigenvalue weighted by molar-refractivity contribution is 0.0730. The Balaban J connectivity index is 1.75. The summed E-state index contributed by atoms with van der Waals surface area (Å²) in [5.74, 6) is 0.641. The van der Waals surface area contributed by atoms with E-state index in [1.54, 1.807) is 18.2 Å². The lowest BCUT2D eigenvalue weighted by atomic mass is 10.2. The van der Waals surface area contributed by atoms with Gasteiger partial charge in [-0.05, 0) is 23.8 Å². The molecular formula is C17H19Cl2N3O3S. The van der Waals surface area contributed by atoms with Gasteiger partial charge < -0.3 is 9.64 Å². The highest BCUT2D eigenvalue weighted by atomic mass is 35.5. The van der Waals surface area contributed by atoms with E-state index in [2.05, 4.69) is 4.98 Å². The molecule has 0 bridgehead atoms. The molecule has 1 fully saturated rings. The summed E-state index contributed by atoms with van der Waals surface area (Å²) in [6.45, 7) is 2.04. The summed E-state index contributed by atoms with van der Waals surface area (Å²) in [4.78, 5) is 6.36. The van der Waals surface area contributed by atoms with Crippen LogP contribution in [0.2, 0.25) is 10.0 Å². The Labute approximate surface area is 163 Å². The van der Waals surface area contributed by atoms with Gasteiger partial charge in [-0.3, -0.25) is 0 Å². The molecule has 0 radical (unpaired) electrons. The van der Waals surface area contributed by atoms with E-state index in [1.807, 2.05) is 24.1 Å². The van der Waals surface area contributed by atoms with Gasteiger partial charge in [0.1, 0.15) is 10.7 Å². The van der Waals surface area contributed by atoms with Crippen LogP contribution in [-0.4, -0.2) is 51.1 Å². The number of anilines is 1. The summed E-state index contributed by atoms with van der Waals surface area (Å²) >= 11 is 12.3. The standard InChI is InChI=1S/C17H19Cl2N3O3S/c1-21(12-13-3-2-4-15(18)17(13)19)16-6-5-14(11-20-16)26(23,24)22-7-9-25-10-8-22/h2-6,11H,7-10,12H2,1H3. The van der Waals surface area contributed by atoms with Crippen molar-refractivity contribution in [1.29, 1.82) is 0 Å². The topological polar surface area (TPSA) is 62.7 Å². The summed E-state index contributed by atoms with van der Waals surface area (Å²) in [6, 6.07) is 8.72. The minimum atomic E-state index is -3.54. The number of pyridine rings is 1. The van der Waals surface area contributed by atoms with E-state index < -0.39 is 10.0 Å². The quantitative estimate of drug-likeness (QED) is 0.750. The first-order valence-electron chi connectivity index (χ1n) is 8.07. The average molecular weight is 416 g/mol. The van der Waals surface area contributed by atoms with Gasteiger partial charge >= 0.3 is 0 Å². The van der Waals surface area contributed by atoms with Gasteiger partial charge in [0.25, 0.3) is 0 Å². The van der Waals surface area contributed by atoms with Crippen molar-refractivity contribution in [2.75, 3.05) is 38.3 Å². The first-order valence-corrected chi connectivity index (χ1v) is 10.3. The number of hydrogen-bond acceptors (Lipinski definition) is 5. The molecule has 1 aromatic carbocycles.